The van der Waals surface area contributed by atoms with Gasteiger partial charge in [-0.3, -0.25) is 14.4 Å². The number of nitrogens with one attached hydrogen (secondary N) is 1. The van der Waals surface area contributed by atoms with Gasteiger partial charge in [-0.1, -0.05) is 30.3 Å². The van der Waals surface area contributed by atoms with Crippen LogP contribution in [0.25, 0.3) is 0 Å². The first kappa shape index (κ1) is 21.0. The summed E-state index contributed by atoms with van der Waals surface area (Å²) < 4.78 is 5.45. The lowest BCUT2D eigenvalue weighted by molar-refractivity contribution is -0.135. The Kier molecular flexibility index (Phi) is 7.14. The van der Waals surface area contributed by atoms with E-state index in [9.17, 15) is 14.4 Å². The van der Waals surface area contributed by atoms with Crippen LogP contribution in [-0.4, -0.2) is 42.8 Å². The predicted octanol–water partition coefficient (Wildman–Crippen LogP) is 1.81. The Hall–Kier alpha value is -3.35. The fraction of sp³-hybridized carbons (Fsp3) is 0.286. The van der Waals surface area contributed by atoms with Crippen molar-refractivity contribution in [1.82, 2.24) is 4.90 Å². The topological polar surface area (TPSA) is 102 Å². The lowest BCUT2D eigenvalue weighted by Crippen LogP contribution is -2.37. The smallest absolute Gasteiger partial charge is 0.260 e. The normalized spacial score (nSPS) is 10.2. The van der Waals surface area contributed by atoms with E-state index in [1.807, 2.05) is 32.0 Å². The van der Waals surface area contributed by atoms with Crippen LogP contribution in [-0.2, 0) is 20.8 Å². The summed E-state index contributed by atoms with van der Waals surface area (Å²) in [5.74, 6) is -0.512. The van der Waals surface area contributed by atoms with Crippen molar-refractivity contribution in [3.63, 3.8) is 0 Å². The van der Waals surface area contributed by atoms with Gasteiger partial charge in [0.15, 0.2) is 6.61 Å². The van der Waals surface area contributed by atoms with Crippen LogP contribution in [0.3, 0.4) is 0 Å². The molecule has 0 aliphatic heterocycles. The van der Waals surface area contributed by atoms with Crippen molar-refractivity contribution in [3.05, 3.63) is 59.2 Å². The highest BCUT2D eigenvalue weighted by Gasteiger charge is 2.15. The number of hydrogen-bond acceptors (Lipinski definition) is 4. The summed E-state index contributed by atoms with van der Waals surface area (Å²) in [6.07, 6.45) is 0.150. The number of nitrogens with two attached hydrogens (primary N) is 1. The predicted molar refractivity (Wildman–Crippen MR) is 107 cm³/mol. The molecule has 2 rings (SSSR count). The minimum absolute atomic E-state index is 0.0759. The number of benzene rings is 2. The van der Waals surface area contributed by atoms with E-state index in [0.717, 1.165) is 22.4 Å². The zero-order valence-corrected chi connectivity index (χ0v) is 16.3. The molecule has 0 heterocycles. The van der Waals surface area contributed by atoms with Gasteiger partial charge in [-0.25, -0.2) is 0 Å². The molecular formula is C21H25N3O4. The molecule has 0 unspecified atom stereocenters. The number of para-hydroxylation sites is 1. The summed E-state index contributed by atoms with van der Waals surface area (Å²) in [4.78, 5) is 36.7. The van der Waals surface area contributed by atoms with Gasteiger partial charge < -0.3 is 20.7 Å². The molecular weight excluding hydrogens is 358 g/mol. The monoisotopic (exact) mass is 383 g/mol. The van der Waals surface area contributed by atoms with Gasteiger partial charge in [-0.2, -0.15) is 0 Å². The Labute approximate surface area is 164 Å². The molecule has 3 N–H and O–H groups in total. The van der Waals surface area contributed by atoms with Crippen molar-refractivity contribution in [3.8, 4) is 5.75 Å². The van der Waals surface area contributed by atoms with Crippen molar-refractivity contribution >= 4 is 23.4 Å². The van der Waals surface area contributed by atoms with Crippen LogP contribution in [0.2, 0.25) is 0 Å². The number of hydrogen-bond donors (Lipinski definition) is 2. The molecule has 0 spiro atoms. The van der Waals surface area contributed by atoms with Crippen LogP contribution >= 0.6 is 0 Å². The average Bonchev–Trinajstić information content (AvgIpc) is 2.63. The van der Waals surface area contributed by atoms with Gasteiger partial charge in [0.1, 0.15) is 5.75 Å². The maximum Gasteiger partial charge on any atom is 0.260 e. The third-order valence-electron chi connectivity index (χ3n) is 4.22. The lowest BCUT2D eigenvalue weighted by atomic mass is 10.1. The Morgan fingerprint density at radius 3 is 2.21 bits per heavy atom. The van der Waals surface area contributed by atoms with E-state index in [1.54, 1.807) is 31.3 Å². The number of ether oxygens (including phenoxy) is 1. The minimum Gasteiger partial charge on any atom is -0.484 e. The Bertz CT molecular complexity index is 842. The van der Waals surface area contributed by atoms with Gasteiger partial charge in [0.2, 0.25) is 11.8 Å². The van der Waals surface area contributed by atoms with Gasteiger partial charge in [-0.15, -0.1) is 0 Å². The maximum absolute atomic E-state index is 12.2. The van der Waals surface area contributed by atoms with Crippen LogP contribution in [0.1, 0.15) is 16.7 Å². The lowest BCUT2D eigenvalue weighted by Gasteiger charge is -2.18. The minimum atomic E-state index is -0.412. The highest BCUT2D eigenvalue weighted by Crippen LogP contribution is 2.19. The van der Waals surface area contributed by atoms with E-state index < -0.39 is 5.91 Å². The van der Waals surface area contributed by atoms with Crippen molar-refractivity contribution in [2.75, 3.05) is 25.5 Å². The van der Waals surface area contributed by atoms with Gasteiger partial charge in [0, 0.05) is 12.7 Å². The van der Waals surface area contributed by atoms with Gasteiger partial charge in [0.25, 0.3) is 5.91 Å². The number of aryl methyl sites for hydroxylation is 2. The van der Waals surface area contributed by atoms with Crippen LogP contribution in [0.15, 0.2) is 42.5 Å². The molecule has 7 nitrogen and oxygen atoms in total. The third kappa shape index (κ3) is 6.12. The molecule has 0 saturated heterocycles. The quantitative estimate of drug-likeness (QED) is 0.726. The molecule has 0 aliphatic carbocycles. The summed E-state index contributed by atoms with van der Waals surface area (Å²) in [6, 6.07) is 12.5. The van der Waals surface area contributed by atoms with Crippen LogP contribution in [0.5, 0.6) is 5.75 Å². The van der Waals surface area contributed by atoms with E-state index in [1.165, 1.54) is 4.90 Å². The second-order valence-electron chi connectivity index (χ2n) is 6.64. The molecule has 2 aromatic carbocycles. The summed E-state index contributed by atoms with van der Waals surface area (Å²) in [6.45, 7) is 3.57. The third-order valence-corrected chi connectivity index (χ3v) is 4.22. The number of primary amides is 1. The van der Waals surface area contributed by atoms with Crippen molar-refractivity contribution in [2.45, 2.75) is 20.3 Å². The Balaban J connectivity index is 1.83. The number of amides is 3. The summed E-state index contributed by atoms with van der Waals surface area (Å²) in [5.41, 5.74) is 8.61. The molecule has 0 saturated carbocycles. The standard InChI is InChI=1S/C21H25N3O4/c1-14-5-4-6-15(2)21(14)23-19(26)12-24(3)20(27)13-28-17-9-7-16(8-10-17)11-18(22)25/h4-10H,11-13H2,1-3H3,(H2,22,25)(H,23,26). The Morgan fingerprint density at radius 1 is 1.04 bits per heavy atom. The van der Waals surface area contributed by atoms with E-state index >= 15 is 0 Å². The van der Waals surface area contributed by atoms with Crippen LogP contribution in [0, 0.1) is 13.8 Å². The second-order valence-corrected chi connectivity index (χ2v) is 6.64. The highest BCUT2D eigenvalue weighted by molar-refractivity contribution is 5.95. The fourth-order valence-electron chi connectivity index (χ4n) is 2.65. The largest absolute Gasteiger partial charge is 0.484 e. The van der Waals surface area contributed by atoms with Crippen molar-refractivity contribution in [2.24, 2.45) is 5.73 Å². The molecule has 2 aromatic rings. The highest BCUT2D eigenvalue weighted by atomic mass is 16.5. The molecule has 0 aromatic heterocycles. The van der Waals surface area contributed by atoms with Crippen LogP contribution < -0.4 is 15.8 Å². The molecule has 3 amide bonds. The summed E-state index contributed by atoms with van der Waals surface area (Å²) >= 11 is 0. The molecule has 0 atom stereocenters. The Morgan fingerprint density at radius 2 is 1.64 bits per heavy atom. The fourth-order valence-corrected chi connectivity index (χ4v) is 2.65. The first-order valence-electron chi connectivity index (χ1n) is 8.86. The molecule has 28 heavy (non-hydrogen) atoms. The molecule has 148 valence electrons. The summed E-state index contributed by atoms with van der Waals surface area (Å²) in [7, 11) is 1.55. The number of carbonyl (C=O) groups is 3. The first-order valence-corrected chi connectivity index (χ1v) is 8.86. The number of anilines is 1. The number of nitrogens with zero attached hydrogens (tertiary/aromatic N) is 1. The maximum atomic E-state index is 12.2. The van der Waals surface area contributed by atoms with E-state index in [-0.39, 0.29) is 31.4 Å². The molecule has 0 bridgehead atoms. The van der Waals surface area contributed by atoms with E-state index in [0.29, 0.717) is 5.75 Å². The first-order chi connectivity index (χ1) is 13.3. The molecule has 0 aliphatic rings. The van der Waals surface area contributed by atoms with Crippen molar-refractivity contribution < 1.29 is 19.1 Å². The number of likely N-dealkylation sites (N-methyl/N-ethyl adjacent to an activating group) is 1. The van der Waals surface area contributed by atoms with E-state index in [4.69, 9.17) is 10.5 Å². The van der Waals surface area contributed by atoms with Gasteiger partial charge in [0.05, 0.1) is 13.0 Å². The SMILES string of the molecule is Cc1cccc(C)c1NC(=O)CN(C)C(=O)COc1ccc(CC(N)=O)cc1. The summed E-state index contributed by atoms with van der Waals surface area (Å²) in [5, 5.41) is 2.85. The zero-order chi connectivity index (χ0) is 20.7. The van der Waals surface area contributed by atoms with Crippen LogP contribution in [0.4, 0.5) is 5.69 Å². The number of rotatable bonds is 8. The molecule has 0 radical (unpaired) electrons. The zero-order valence-electron chi connectivity index (χ0n) is 16.3. The van der Waals surface area contributed by atoms with Gasteiger partial charge in [-0.05, 0) is 42.7 Å². The van der Waals surface area contributed by atoms with Gasteiger partial charge >= 0.3 is 0 Å². The average molecular weight is 383 g/mol. The molecule has 0 fully saturated rings. The molecule has 7 heteroatoms. The second kappa shape index (κ2) is 9.55. The van der Waals surface area contributed by atoms with E-state index in [2.05, 4.69) is 5.32 Å². The number of carbonyl (C=O) groups excluding carboxylic acids is 3. The van der Waals surface area contributed by atoms with Crippen molar-refractivity contribution in [1.29, 1.82) is 0 Å².